The van der Waals surface area contributed by atoms with Crippen molar-refractivity contribution >= 4 is 5.97 Å². The Balaban J connectivity index is 3.04. The first-order chi connectivity index (χ1) is 8.81. The lowest BCUT2D eigenvalue weighted by atomic mass is 9.84. The van der Waals surface area contributed by atoms with E-state index in [1.54, 1.807) is 32.0 Å². The van der Waals surface area contributed by atoms with E-state index in [4.69, 9.17) is 14.6 Å². The molecule has 0 bridgehead atoms. The van der Waals surface area contributed by atoms with Crippen molar-refractivity contribution in [2.75, 3.05) is 14.2 Å². The fraction of sp³-hybridized carbons (Fsp3) is 0.500. The van der Waals surface area contributed by atoms with E-state index in [0.29, 0.717) is 17.1 Å². The summed E-state index contributed by atoms with van der Waals surface area (Å²) in [5.41, 5.74) is -0.496. The minimum absolute atomic E-state index is 0.0891. The molecule has 0 radical (unpaired) electrons. The number of benzene rings is 1. The van der Waals surface area contributed by atoms with E-state index in [1.807, 2.05) is 0 Å². The summed E-state index contributed by atoms with van der Waals surface area (Å²) in [5, 5.41) is 19.3. The maximum atomic E-state index is 11.1. The third-order valence-corrected chi connectivity index (χ3v) is 3.08. The van der Waals surface area contributed by atoms with E-state index in [1.165, 1.54) is 14.2 Å². The quantitative estimate of drug-likeness (QED) is 0.827. The van der Waals surface area contributed by atoms with Gasteiger partial charge in [-0.15, -0.1) is 0 Å². The van der Waals surface area contributed by atoms with Crippen molar-refractivity contribution in [2.24, 2.45) is 5.41 Å². The summed E-state index contributed by atoms with van der Waals surface area (Å²) in [4.78, 5) is 11.1. The zero-order chi connectivity index (χ0) is 14.6. The molecule has 106 valence electrons. The number of carboxylic acid groups (broad SMARTS) is 1. The fourth-order valence-corrected chi connectivity index (χ4v) is 1.78. The minimum atomic E-state index is -1.02. The van der Waals surface area contributed by atoms with Crippen LogP contribution >= 0.6 is 0 Å². The average Bonchev–Trinajstić information content (AvgIpc) is 2.37. The highest BCUT2D eigenvalue weighted by molar-refractivity contribution is 5.73. The molecule has 5 heteroatoms. The zero-order valence-electron chi connectivity index (χ0n) is 11.6. The van der Waals surface area contributed by atoms with Crippen molar-refractivity contribution in [2.45, 2.75) is 26.4 Å². The third-order valence-electron chi connectivity index (χ3n) is 3.08. The first kappa shape index (κ1) is 15.3. The second-order valence-corrected chi connectivity index (χ2v) is 5.02. The van der Waals surface area contributed by atoms with Crippen LogP contribution in [0.5, 0.6) is 11.5 Å². The van der Waals surface area contributed by atoms with Gasteiger partial charge in [-0.1, -0.05) is 0 Å². The zero-order valence-corrected chi connectivity index (χ0v) is 11.6. The molecule has 1 aromatic carbocycles. The van der Waals surface area contributed by atoms with E-state index in [2.05, 4.69) is 0 Å². The maximum Gasteiger partial charge on any atom is 0.309 e. The average molecular weight is 268 g/mol. The van der Waals surface area contributed by atoms with Crippen molar-refractivity contribution < 1.29 is 24.5 Å². The van der Waals surface area contributed by atoms with Gasteiger partial charge in [0.2, 0.25) is 0 Å². The molecule has 2 N–H and O–H groups in total. The molecule has 0 aliphatic rings. The number of methoxy groups -OCH3 is 2. The molecular weight excluding hydrogens is 248 g/mol. The summed E-state index contributed by atoms with van der Waals surface area (Å²) in [5.74, 6) is 0.144. The molecule has 0 aliphatic carbocycles. The monoisotopic (exact) mass is 268 g/mol. The summed E-state index contributed by atoms with van der Waals surface area (Å²) >= 11 is 0. The van der Waals surface area contributed by atoms with Gasteiger partial charge in [-0.25, -0.2) is 0 Å². The molecule has 0 saturated heterocycles. The van der Waals surface area contributed by atoms with Crippen molar-refractivity contribution in [1.82, 2.24) is 0 Å². The van der Waals surface area contributed by atoms with Gasteiger partial charge in [0, 0.05) is 5.56 Å². The molecule has 0 fully saturated rings. The van der Waals surface area contributed by atoms with E-state index in [-0.39, 0.29) is 6.42 Å². The highest BCUT2D eigenvalue weighted by atomic mass is 16.5. The Kier molecular flexibility index (Phi) is 4.78. The Morgan fingerprint density at radius 3 is 2.42 bits per heavy atom. The number of aliphatic hydroxyl groups excluding tert-OH is 1. The van der Waals surface area contributed by atoms with Crippen LogP contribution in [0.3, 0.4) is 0 Å². The highest BCUT2D eigenvalue weighted by Gasteiger charge is 2.31. The molecule has 0 heterocycles. The summed E-state index contributed by atoms with van der Waals surface area (Å²) in [7, 11) is 3.03. The number of aliphatic hydroxyl groups is 1. The summed E-state index contributed by atoms with van der Waals surface area (Å²) in [6.07, 6.45) is -0.845. The standard InChI is InChI=1S/C14H20O5/c1-14(2,13(16)17)8-11(15)10-7-9(18-3)5-6-12(10)19-4/h5-7,11,15H,8H2,1-4H3,(H,16,17). The van der Waals surface area contributed by atoms with Crippen LogP contribution < -0.4 is 9.47 Å². The van der Waals surface area contributed by atoms with Gasteiger partial charge >= 0.3 is 5.97 Å². The molecule has 0 aromatic heterocycles. The largest absolute Gasteiger partial charge is 0.497 e. The Bertz CT molecular complexity index is 453. The molecule has 19 heavy (non-hydrogen) atoms. The van der Waals surface area contributed by atoms with Crippen LogP contribution in [0.2, 0.25) is 0 Å². The molecule has 1 rings (SSSR count). The van der Waals surface area contributed by atoms with Gasteiger partial charge in [-0.3, -0.25) is 4.79 Å². The first-order valence-electron chi connectivity index (χ1n) is 5.95. The van der Waals surface area contributed by atoms with Gasteiger partial charge < -0.3 is 19.7 Å². The van der Waals surface area contributed by atoms with Gasteiger partial charge in [-0.2, -0.15) is 0 Å². The number of hydrogen-bond acceptors (Lipinski definition) is 4. The molecule has 0 aliphatic heterocycles. The SMILES string of the molecule is COc1ccc(OC)c(C(O)CC(C)(C)C(=O)O)c1. The van der Waals surface area contributed by atoms with Crippen LogP contribution in [0.4, 0.5) is 0 Å². The highest BCUT2D eigenvalue weighted by Crippen LogP contribution is 2.36. The van der Waals surface area contributed by atoms with Crippen LogP contribution in [0.1, 0.15) is 31.9 Å². The van der Waals surface area contributed by atoms with Gasteiger partial charge in [-0.05, 0) is 38.5 Å². The van der Waals surface area contributed by atoms with Gasteiger partial charge in [0.05, 0.1) is 25.7 Å². The molecule has 0 spiro atoms. The summed E-state index contributed by atoms with van der Waals surface area (Å²) in [6, 6.07) is 5.06. The lowest BCUT2D eigenvalue weighted by Crippen LogP contribution is -2.26. The predicted molar refractivity (Wildman–Crippen MR) is 70.5 cm³/mol. The second kappa shape index (κ2) is 5.93. The van der Waals surface area contributed by atoms with Crippen molar-refractivity contribution in [3.05, 3.63) is 23.8 Å². The molecule has 1 unspecified atom stereocenters. The molecule has 0 amide bonds. The van der Waals surface area contributed by atoms with Crippen LogP contribution in [0, 0.1) is 5.41 Å². The Labute approximate surface area is 112 Å². The van der Waals surface area contributed by atoms with Gasteiger partial charge in [0.25, 0.3) is 0 Å². The minimum Gasteiger partial charge on any atom is -0.497 e. The Morgan fingerprint density at radius 2 is 1.95 bits per heavy atom. The third kappa shape index (κ3) is 3.61. The number of aliphatic carboxylic acids is 1. The summed E-state index contributed by atoms with van der Waals surface area (Å²) < 4.78 is 10.3. The van der Waals surface area contributed by atoms with Crippen LogP contribution in [0.15, 0.2) is 18.2 Å². The molecule has 1 atom stereocenters. The van der Waals surface area contributed by atoms with E-state index in [9.17, 15) is 9.90 Å². The van der Waals surface area contributed by atoms with Gasteiger partial charge in [0.15, 0.2) is 0 Å². The smallest absolute Gasteiger partial charge is 0.309 e. The normalized spacial score (nSPS) is 12.9. The molecule has 5 nitrogen and oxygen atoms in total. The lowest BCUT2D eigenvalue weighted by Gasteiger charge is -2.24. The predicted octanol–water partition coefficient (Wildman–Crippen LogP) is 2.24. The molecule has 1 aromatic rings. The number of carbonyl (C=O) groups is 1. The summed E-state index contributed by atoms with van der Waals surface area (Å²) in [6.45, 7) is 3.15. The first-order valence-corrected chi connectivity index (χ1v) is 5.95. The Hall–Kier alpha value is -1.75. The number of rotatable bonds is 6. The maximum absolute atomic E-state index is 11.1. The van der Waals surface area contributed by atoms with E-state index >= 15 is 0 Å². The van der Waals surface area contributed by atoms with E-state index in [0.717, 1.165) is 0 Å². The number of ether oxygens (including phenoxy) is 2. The van der Waals surface area contributed by atoms with Crippen molar-refractivity contribution in [1.29, 1.82) is 0 Å². The second-order valence-electron chi connectivity index (χ2n) is 5.02. The van der Waals surface area contributed by atoms with E-state index < -0.39 is 17.5 Å². The number of carboxylic acids is 1. The van der Waals surface area contributed by atoms with Crippen molar-refractivity contribution in [3.8, 4) is 11.5 Å². The number of hydrogen-bond donors (Lipinski definition) is 2. The molecule has 0 saturated carbocycles. The van der Waals surface area contributed by atoms with Crippen molar-refractivity contribution in [3.63, 3.8) is 0 Å². The topological polar surface area (TPSA) is 76.0 Å². The Morgan fingerprint density at radius 1 is 1.32 bits per heavy atom. The van der Waals surface area contributed by atoms with Crippen LogP contribution in [-0.2, 0) is 4.79 Å². The molecular formula is C14H20O5. The van der Waals surface area contributed by atoms with Crippen LogP contribution in [-0.4, -0.2) is 30.4 Å². The fourth-order valence-electron chi connectivity index (χ4n) is 1.78. The lowest BCUT2D eigenvalue weighted by molar-refractivity contribution is -0.148. The van der Waals surface area contributed by atoms with Crippen LogP contribution in [0.25, 0.3) is 0 Å². The van der Waals surface area contributed by atoms with Gasteiger partial charge in [0.1, 0.15) is 11.5 Å².